The topological polar surface area (TPSA) is 55.7 Å². The van der Waals surface area contributed by atoms with E-state index in [0.717, 1.165) is 28.2 Å². The molecule has 5 aromatic rings. The Morgan fingerprint density at radius 3 is 2.65 bits per heavy atom. The van der Waals surface area contributed by atoms with E-state index in [0.29, 0.717) is 0 Å². The maximum absolute atomic E-state index is 14.4. The Kier molecular flexibility index (Phi) is 6.03. The summed E-state index contributed by atoms with van der Waals surface area (Å²) < 4.78 is 22.1. The quantitative estimate of drug-likeness (QED) is 0.314. The van der Waals surface area contributed by atoms with Gasteiger partial charge >= 0.3 is 0 Å². The molecule has 0 saturated carbocycles. The SMILES string of the molecule is Cn1ccc2ccc(/C=C/c3cc(/C=C/c4ccc(OCc5ccccn5)c(F)c4)n[nH]3)cc21. The summed E-state index contributed by atoms with van der Waals surface area (Å²) in [6.07, 6.45) is 11.4. The van der Waals surface area contributed by atoms with Crippen molar-refractivity contribution in [2.45, 2.75) is 6.61 Å². The van der Waals surface area contributed by atoms with Gasteiger partial charge in [0.15, 0.2) is 11.6 Å². The normalized spacial score (nSPS) is 11.7. The lowest BCUT2D eigenvalue weighted by Gasteiger charge is -2.07. The third kappa shape index (κ3) is 4.96. The van der Waals surface area contributed by atoms with E-state index in [1.54, 1.807) is 18.3 Å². The van der Waals surface area contributed by atoms with Crippen molar-refractivity contribution in [2.75, 3.05) is 0 Å². The number of H-pyrrole nitrogens is 1. The van der Waals surface area contributed by atoms with Crippen LogP contribution in [0.1, 0.15) is 28.2 Å². The van der Waals surface area contributed by atoms with Crippen LogP contribution in [0, 0.1) is 5.82 Å². The van der Waals surface area contributed by atoms with Crippen molar-refractivity contribution in [2.24, 2.45) is 7.05 Å². The molecule has 5 nitrogen and oxygen atoms in total. The highest BCUT2D eigenvalue weighted by Crippen LogP contribution is 2.21. The van der Waals surface area contributed by atoms with Gasteiger partial charge in [0.25, 0.3) is 0 Å². The monoisotopic (exact) mass is 450 g/mol. The summed E-state index contributed by atoms with van der Waals surface area (Å²) in [6.45, 7) is 0.218. The maximum atomic E-state index is 14.4. The van der Waals surface area contributed by atoms with E-state index in [4.69, 9.17) is 4.74 Å². The highest BCUT2D eigenvalue weighted by Gasteiger charge is 2.05. The predicted molar refractivity (Wildman–Crippen MR) is 134 cm³/mol. The molecule has 0 aliphatic heterocycles. The fourth-order valence-electron chi connectivity index (χ4n) is 3.65. The third-order valence-corrected chi connectivity index (χ3v) is 5.49. The van der Waals surface area contributed by atoms with E-state index >= 15 is 0 Å². The largest absolute Gasteiger partial charge is 0.484 e. The zero-order valence-corrected chi connectivity index (χ0v) is 18.6. The van der Waals surface area contributed by atoms with Crippen LogP contribution in [0.5, 0.6) is 5.75 Å². The van der Waals surface area contributed by atoms with Gasteiger partial charge in [0, 0.05) is 25.0 Å². The smallest absolute Gasteiger partial charge is 0.165 e. The van der Waals surface area contributed by atoms with Crippen LogP contribution in [0.2, 0.25) is 0 Å². The number of halogens is 1. The summed E-state index contributed by atoms with van der Waals surface area (Å²) in [5, 5.41) is 8.55. The molecule has 34 heavy (non-hydrogen) atoms. The molecule has 0 aliphatic rings. The Balaban J connectivity index is 1.22. The van der Waals surface area contributed by atoms with Crippen molar-refractivity contribution in [3.8, 4) is 5.75 Å². The summed E-state index contributed by atoms with van der Waals surface area (Å²) in [5.41, 5.74) is 5.41. The molecule has 6 heteroatoms. The molecule has 0 amide bonds. The first-order valence-corrected chi connectivity index (χ1v) is 10.9. The number of aromatic nitrogens is 4. The highest BCUT2D eigenvalue weighted by atomic mass is 19.1. The lowest BCUT2D eigenvalue weighted by Crippen LogP contribution is -1.99. The number of rotatable bonds is 7. The van der Waals surface area contributed by atoms with Gasteiger partial charge in [0.2, 0.25) is 0 Å². The van der Waals surface area contributed by atoms with E-state index in [1.807, 2.05) is 55.6 Å². The molecule has 3 heterocycles. The molecular weight excluding hydrogens is 427 g/mol. The molecule has 168 valence electrons. The minimum atomic E-state index is -0.418. The lowest BCUT2D eigenvalue weighted by atomic mass is 10.1. The molecule has 2 aromatic carbocycles. The molecule has 0 radical (unpaired) electrons. The number of hydrogen-bond donors (Lipinski definition) is 1. The fourth-order valence-corrected chi connectivity index (χ4v) is 3.65. The zero-order valence-electron chi connectivity index (χ0n) is 18.6. The highest BCUT2D eigenvalue weighted by molar-refractivity contribution is 5.84. The fraction of sp³-hybridized carbons (Fsp3) is 0.0714. The number of ether oxygens (including phenoxy) is 1. The van der Waals surface area contributed by atoms with Crippen LogP contribution in [0.4, 0.5) is 4.39 Å². The van der Waals surface area contributed by atoms with Gasteiger partial charge in [0.1, 0.15) is 6.61 Å². The van der Waals surface area contributed by atoms with Crippen LogP contribution in [0.25, 0.3) is 35.2 Å². The molecule has 0 saturated heterocycles. The minimum absolute atomic E-state index is 0.198. The summed E-state index contributed by atoms with van der Waals surface area (Å²) in [6, 6.07) is 20.8. The molecule has 0 unspecified atom stereocenters. The lowest BCUT2D eigenvalue weighted by molar-refractivity contribution is 0.286. The number of nitrogens with one attached hydrogen (secondary N) is 1. The number of benzene rings is 2. The summed E-state index contributed by atoms with van der Waals surface area (Å²) in [5.74, 6) is -0.220. The van der Waals surface area contributed by atoms with E-state index in [1.165, 1.54) is 17.0 Å². The number of aryl methyl sites for hydroxylation is 1. The third-order valence-electron chi connectivity index (χ3n) is 5.49. The van der Waals surface area contributed by atoms with Crippen molar-refractivity contribution < 1.29 is 9.13 Å². The van der Waals surface area contributed by atoms with Crippen LogP contribution in [0.3, 0.4) is 0 Å². The molecule has 0 aliphatic carbocycles. The van der Waals surface area contributed by atoms with E-state index in [2.05, 4.69) is 50.2 Å². The number of fused-ring (bicyclic) bond motifs is 1. The molecule has 0 spiro atoms. The number of hydrogen-bond acceptors (Lipinski definition) is 3. The van der Waals surface area contributed by atoms with Crippen molar-refractivity contribution in [1.29, 1.82) is 0 Å². The van der Waals surface area contributed by atoms with Gasteiger partial charge in [-0.3, -0.25) is 10.1 Å². The average molecular weight is 451 g/mol. The molecule has 0 bridgehead atoms. The molecule has 0 atom stereocenters. The van der Waals surface area contributed by atoms with Crippen LogP contribution < -0.4 is 4.74 Å². The molecule has 5 rings (SSSR count). The summed E-state index contributed by atoms with van der Waals surface area (Å²) in [7, 11) is 2.04. The minimum Gasteiger partial charge on any atom is -0.484 e. The van der Waals surface area contributed by atoms with Gasteiger partial charge in [-0.2, -0.15) is 5.10 Å². The Bertz CT molecular complexity index is 1480. The molecule has 3 aromatic heterocycles. The van der Waals surface area contributed by atoms with Gasteiger partial charge < -0.3 is 9.30 Å². The van der Waals surface area contributed by atoms with Crippen molar-refractivity contribution in [1.82, 2.24) is 19.7 Å². The Morgan fingerprint density at radius 2 is 1.79 bits per heavy atom. The predicted octanol–water partition coefficient (Wildman–Crippen LogP) is 6.36. The second-order valence-electron chi connectivity index (χ2n) is 7.96. The average Bonchev–Trinajstić information content (AvgIpc) is 3.48. The van der Waals surface area contributed by atoms with E-state index in [9.17, 15) is 4.39 Å². The van der Waals surface area contributed by atoms with E-state index < -0.39 is 5.82 Å². The number of aromatic amines is 1. The second-order valence-corrected chi connectivity index (χ2v) is 7.96. The van der Waals surface area contributed by atoms with Crippen LogP contribution in [-0.2, 0) is 13.7 Å². The first kappa shape index (κ1) is 21.4. The van der Waals surface area contributed by atoms with Gasteiger partial charge in [-0.15, -0.1) is 0 Å². The first-order chi connectivity index (χ1) is 16.6. The summed E-state index contributed by atoms with van der Waals surface area (Å²) in [4.78, 5) is 4.18. The van der Waals surface area contributed by atoms with Gasteiger partial charge in [-0.1, -0.05) is 36.4 Å². The standard InChI is InChI=1S/C28H23FN4O/c1-33-15-13-22-9-5-21(17-27(22)33)7-11-24-18-23(31-32-24)10-6-20-8-12-28(26(29)16-20)34-19-25-4-2-3-14-30-25/h2-18H,19H2,1H3,(H,31,32)/b10-6+,11-7+. The Hall–Kier alpha value is -4.45. The number of pyridine rings is 1. The molecule has 0 fully saturated rings. The van der Waals surface area contributed by atoms with Crippen LogP contribution in [-0.4, -0.2) is 19.7 Å². The van der Waals surface area contributed by atoms with Crippen molar-refractivity contribution in [3.63, 3.8) is 0 Å². The van der Waals surface area contributed by atoms with Gasteiger partial charge in [-0.25, -0.2) is 4.39 Å². The van der Waals surface area contributed by atoms with Gasteiger partial charge in [-0.05, 0) is 71.1 Å². The van der Waals surface area contributed by atoms with E-state index in [-0.39, 0.29) is 12.4 Å². The molecular formula is C28H23FN4O. The molecule has 1 N–H and O–H groups in total. The van der Waals surface area contributed by atoms with Gasteiger partial charge in [0.05, 0.1) is 17.1 Å². The van der Waals surface area contributed by atoms with Crippen LogP contribution in [0.15, 0.2) is 79.1 Å². The Labute approximate surface area is 196 Å². The summed E-state index contributed by atoms with van der Waals surface area (Å²) >= 11 is 0. The number of nitrogens with zero attached hydrogens (tertiary/aromatic N) is 3. The zero-order chi connectivity index (χ0) is 23.3. The van der Waals surface area contributed by atoms with Crippen molar-refractivity contribution >= 4 is 35.2 Å². The maximum Gasteiger partial charge on any atom is 0.165 e. The second kappa shape index (κ2) is 9.58. The first-order valence-electron chi connectivity index (χ1n) is 10.9. The Morgan fingerprint density at radius 1 is 0.941 bits per heavy atom. The van der Waals surface area contributed by atoms with Crippen molar-refractivity contribution in [3.05, 3.63) is 113 Å². The van der Waals surface area contributed by atoms with Crippen LogP contribution >= 0.6 is 0 Å².